The van der Waals surface area contributed by atoms with Gasteiger partial charge in [-0.05, 0) is 0 Å². The predicted molar refractivity (Wildman–Crippen MR) is 75.4 cm³/mol. The van der Waals surface area contributed by atoms with Gasteiger partial charge in [0, 0.05) is 25.7 Å². The number of nitrogens with zero attached hydrogens (tertiary/aromatic N) is 3. The second-order valence-electron chi connectivity index (χ2n) is 3.87. The van der Waals surface area contributed by atoms with Crippen molar-refractivity contribution >= 4 is 33.2 Å². The molecule has 0 fully saturated rings. The molecule has 2 heterocycles. The number of nitrogens with two attached hydrogens (primary N) is 1. The lowest BCUT2D eigenvalue weighted by atomic mass is 10.4. The number of fused-ring (bicyclic) bond motifs is 1. The van der Waals surface area contributed by atoms with Crippen molar-refractivity contribution in [2.24, 2.45) is 5.73 Å². The van der Waals surface area contributed by atoms with Crippen molar-refractivity contribution in [3.63, 3.8) is 0 Å². The van der Waals surface area contributed by atoms with Crippen molar-refractivity contribution in [1.29, 1.82) is 0 Å². The Kier molecular flexibility index (Phi) is 4.48. The molecule has 0 aliphatic carbocycles. The van der Waals surface area contributed by atoms with Crippen molar-refractivity contribution < 1.29 is 9.90 Å². The van der Waals surface area contributed by atoms with Gasteiger partial charge in [-0.25, -0.2) is 4.98 Å². The zero-order chi connectivity index (χ0) is 14.5. The summed E-state index contributed by atoms with van der Waals surface area (Å²) in [7, 11) is 0. The Morgan fingerprint density at radius 2 is 2.25 bits per heavy atom. The summed E-state index contributed by atoms with van der Waals surface area (Å²) in [5, 5.41) is 18.8. The van der Waals surface area contributed by atoms with Gasteiger partial charge in [0.05, 0.1) is 6.42 Å². The van der Waals surface area contributed by atoms with Crippen LogP contribution in [-0.2, 0) is 4.79 Å². The first-order chi connectivity index (χ1) is 9.60. The Morgan fingerprint density at radius 1 is 1.45 bits per heavy atom. The molecule has 0 unspecified atom stereocenters. The maximum atomic E-state index is 11.8. The molecule has 0 spiro atoms. The Bertz CT molecular complexity index is 667. The fraction of sp³-hybridized carbons (Fsp3) is 0.400. The number of hydrogen-bond donors (Lipinski definition) is 4. The minimum atomic E-state index is -0.901. The number of rotatable bonds is 7. The van der Waals surface area contributed by atoms with E-state index in [4.69, 9.17) is 10.8 Å². The van der Waals surface area contributed by atoms with E-state index in [1.165, 1.54) is 21.9 Å². The van der Waals surface area contributed by atoms with Crippen LogP contribution >= 0.6 is 11.3 Å². The summed E-state index contributed by atoms with van der Waals surface area (Å²) >= 11 is 1.18. The van der Waals surface area contributed by atoms with Gasteiger partial charge < -0.3 is 21.5 Å². The molecule has 9 nitrogen and oxygen atoms in total. The highest BCUT2D eigenvalue weighted by Crippen LogP contribution is 2.17. The van der Waals surface area contributed by atoms with Crippen LogP contribution in [-0.4, -0.2) is 45.3 Å². The maximum Gasteiger partial charge on any atom is 0.305 e. The zero-order valence-corrected chi connectivity index (χ0v) is 11.3. The third kappa shape index (κ3) is 3.42. The monoisotopic (exact) mass is 298 g/mol. The standard InChI is InChI=1S/C10H14N6O3S/c11-2-4-12-6-5-7(17)16-10(14-6)20-9(15-16)13-3-1-8(18)19/h5,12H,1-4,11H2,(H,13,15)(H,18,19). The molecule has 5 N–H and O–H groups in total. The van der Waals surface area contributed by atoms with Gasteiger partial charge in [-0.2, -0.15) is 4.52 Å². The normalized spacial score (nSPS) is 10.7. The summed E-state index contributed by atoms with van der Waals surface area (Å²) in [5.74, 6) is -0.455. The van der Waals surface area contributed by atoms with E-state index in [0.717, 1.165) is 0 Å². The van der Waals surface area contributed by atoms with Gasteiger partial charge in [-0.15, -0.1) is 5.10 Å². The van der Waals surface area contributed by atoms with Crippen LogP contribution < -0.4 is 21.9 Å². The number of carboxylic acids is 1. The lowest BCUT2D eigenvalue weighted by Gasteiger charge is -2.01. The van der Waals surface area contributed by atoms with E-state index in [1.807, 2.05) is 0 Å². The SMILES string of the molecule is NCCNc1cc(=O)n2nc(NCCC(=O)O)sc2n1. The lowest BCUT2D eigenvalue weighted by molar-refractivity contribution is -0.136. The van der Waals surface area contributed by atoms with Gasteiger partial charge in [-0.1, -0.05) is 11.3 Å². The van der Waals surface area contributed by atoms with Crippen molar-refractivity contribution in [3.8, 4) is 0 Å². The largest absolute Gasteiger partial charge is 0.481 e. The van der Waals surface area contributed by atoms with Crippen LogP contribution in [0.3, 0.4) is 0 Å². The van der Waals surface area contributed by atoms with E-state index in [9.17, 15) is 9.59 Å². The summed E-state index contributed by atoms with van der Waals surface area (Å²) in [5.41, 5.74) is 5.06. The molecular formula is C10H14N6O3S. The second-order valence-corrected chi connectivity index (χ2v) is 4.82. The van der Waals surface area contributed by atoms with E-state index in [-0.39, 0.29) is 18.5 Å². The number of carboxylic acid groups (broad SMARTS) is 1. The van der Waals surface area contributed by atoms with Gasteiger partial charge in [0.1, 0.15) is 5.82 Å². The summed E-state index contributed by atoms with van der Waals surface area (Å²) < 4.78 is 1.17. The third-order valence-corrected chi connectivity index (χ3v) is 3.18. The van der Waals surface area contributed by atoms with Gasteiger partial charge in [0.15, 0.2) is 0 Å². The van der Waals surface area contributed by atoms with Crippen molar-refractivity contribution in [1.82, 2.24) is 14.6 Å². The first-order valence-corrected chi connectivity index (χ1v) is 6.72. The number of aliphatic carboxylic acids is 1. The van der Waals surface area contributed by atoms with Crippen LogP contribution in [0.1, 0.15) is 6.42 Å². The molecular weight excluding hydrogens is 284 g/mol. The number of anilines is 2. The summed E-state index contributed by atoms with van der Waals surface area (Å²) in [6.07, 6.45) is -0.0262. The Morgan fingerprint density at radius 3 is 2.95 bits per heavy atom. The molecule has 10 heteroatoms. The Hall–Kier alpha value is -2.20. The summed E-state index contributed by atoms with van der Waals surface area (Å²) in [4.78, 5) is 26.9. The van der Waals surface area contributed by atoms with Crippen molar-refractivity contribution in [3.05, 3.63) is 16.4 Å². The van der Waals surface area contributed by atoms with Crippen LogP contribution in [0.4, 0.5) is 10.9 Å². The van der Waals surface area contributed by atoms with Crippen LogP contribution in [0, 0.1) is 0 Å². The first-order valence-electron chi connectivity index (χ1n) is 5.90. The van der Waals surface area contributed by atoms with Crippen molar-refractivity contribution in [2.45, 2.75) is 6.42 Å². The molecule has 0 saturated heterocycles. The van der Waals surface area contributed by atoms with Crippen LogP contribution in [0.2, 0.25) is 0 Å². The van der Waals surface area contributed by atoms with E-state index >= 15 is 0 Å². The van der Waals surface area contributed by atoms with Crippen LogP contribution in [0.5, 0.6) is 0 Å². The fourth-order valence-corrected chi connectivity index (χ4v) is 2.28. The highest BCUT2D eigenvalue weighted by atomic mass is 32.1. The fourth-order valence-electron chi connectivity index (χ4n) is 1.45. The molecule has 0 aromatic carbocycles. The highest BCUT2D eigenvalue weighted by molar-refractivity contribution is 7.20. The van der Waals surface area contributed by atoms with Crippen LogP contribution in [0.25, 0.3) is 4.96 Å². The summed E-state index contributed by atoms with van der Waals surface area (Å²) in [6, 6.07) is 1.34. The molecule has 108 valence electrons. The van der Waals surface area contributed by atoms with E-state index in [1.54, 1.807) is 0 Å². The molecule has 0 atom stereocenters. The topological polar surface area (TPSA) is 135 Å². The summed E-state index contributed by atoms with van der Waals surface area (Å²) in [6.45, 7) is 1.19. The van der Waals surface area contributed by atoms with Crippen LogP contribution in [0.15, 0.2) is 10.9 Å². The molecule has 0 aliphatic heterocycles. The molecule has 2 rings (SSSR count). The minimum Gasteiger partial charge on any atom is -0.481 e. The van der Waals surface area contributed by atoms with Gasteiger partial charge in [0.25, 0.3) is 5.56 Å². The molecule has 0 saturated carbocycles. The molecule has 2 aromatic rings. The maximum absolute atomic E-state index is 11.8. The smallest absolute Gasteiger partial charge is 0.305 e. The van der Waals surface area contributed by atoms with Gasteiger partial charge in [-0.3, -0.25) is 9.59 Å². The molecule has 2 aromatic heterocycles. The average Bonchev–Trinajstić information content (AvgIpc) is 2.79. The molecule has 0 radical (unpaired) electrons. The third-order valence-electron chi connectivity index (χ3n) is 2.31. The molecule has 0 amide bonds. The molecule has 20 heavy (non-hydrogen) atoms. The lowest BCUT2D eigenvalue weighted by Crippen LogP contribution is -2.19. The van der Waals surface area contributed by atoms with E-state index in [2.05, 4.69) is 20.7 Å². The quantitative estimate of drug-likeness (QED) is 0.532. The molecule has 0 aliphatic rings. The zero-order valence-electron chi connectivity index (χ0n) is 10.5. The number of hydrogen-bond acceptors (Lipinski definition) is 8. The minimum absolute atomic E-state index is 0.0262. The Labute approximate surface area is 117 Å². The highest BCUT2D eigenvalue weighted by Gasteiger charge is 2.08. The second kappa shape index (κ2) is 6.30. The number of nitrogens with one attached hydrogen (secondary N) is 2. The number of aromatic nitrogens is 3. The van der Waals surface area contributed by atoms with Crippen molar-refractivity contribution in [2.75, 3.05) is 30.3 Å². The van der Waals surface area contributed by atoms with E-state index in [0.29, 0.717) is 29.0 Å². The van der Waals surface area contributed by atoms with Gasteiger partial charge >= 0.3 is 5.97 Å². The Balaban J connectivity index is 2.17. The average molecular weight is 298 g/mol. The van der Waals surface area contributed by atoms with E-state index < -0.39 is 5.97 Å². The predicted octanol–water partition coefficient (Wildman–Crippen LogP) is -0.592. The van der Waals surface area contributed by atoms with Gasteiger partial charge in [0.2, 0.25) is 10.1 Å². The number of carbonyl (C=O) groups is 1. The molecule has 0 bridgehead atoms. The first kappa shape index (κ1) is 14.2.